The average Bonchev–Trinajstić information content (AvgIpc) is 2.53. The van der Waals surface area contributed by atoms with Crippen molar-refractivity contribution in [2.45, 2.75) is 51.7 Å². The number of hydrogen-bond donors (Lipinski definition) is 1. The molecule has 1 fully saturated rings. The number of amides is 1. The summed E-state index contributed by atoms with van der Waals surface area (Å²) in [5.41, 5.74) is 5.12. The highest BCUT2D eigenvalue weighted by Gasteiger charge is 2.42. The second-order valence-electron chi connectivity index (χ2n) is 6.64. The molecule has 1 rings (SSSR count). The molecule has 1 aliphatic heterocycles. The topological polar surface area (TPSA) is 83.7 Å². The van der Waals surface area contributed by atoms with Gasteiger partial charge in [-0.2, -0.15) is 17.5 Å². The van der Waals surface area contributed by atoms with Gasteiger partial charge in [0.2, 0.25) is 15.9 Å². The summed E-state index contributed by atoms with van der Waals surface area (Å²) >= 11 is 0. The van der Waals surface area contributed by atoms with Crippen LogP contribution in [0.15, 0.2) is 0 Å². The molecular weight excluding hydrogens is 359 g/mol. The van der Waals surface area contributed by atoms with E-state index in [1.165, 1.54) is 0 Å². The molecule has 0 aromatic heterocycles. The van der Waals surface area contributed by atoms with Crippen LogP contribution in [0.25, 0.3) is 0 Å². The molecule has 0 radical (unpaired) electrons. The molecule has 1 saturated heterocycles. The van der Waals surface area contributed by atoms with E-state index in [4.69, 9.17) is 5.73 Å². The molecule has 0 bridgehead atoms. The molecule has 0 spiro atoms. The van der Waals surface area contributed by atoms with Crippen molar-refractivity contribution in [2.75, 3.05) is 32.4 Å². The van der Waals surface area contributed by atoms with Crippen molar-refractivity contribution in [3.8, 4) is 0 Å². The molecule has 2 N–H and O–H groups in total. The highest BCUT2D eigenvalue weighted by atomic mass is 32.2. The van der Waals surface area contributed by atoms with Crippen LogP contribution in [-0.2, 0) is 14.8 Å². The van der Waals surface area contributed by atoms with E-state index in [-0.39, 0.29) is 38.4 Å². The van der Waals surface area contributed by atoms with Gasteiger partial charge in [-0.1, -0.05) is 13.8 Å². The maximum Gasteiger partial charge on any atom is 0.402 e. The van der Waals surface area contributed by atoms with Crippen LogP contribution in [0.1, 0.15) is 39.5 Å². The summed E-state index contributed by atoms with van der Waals surface area (Å²) in [5.74, 6) is -0.0971. The predicted molar refractivity (Wildman–Crippen MR) is 89.3 cm³/mol. The number of carbonyl (C=O) groups excluding carboxylic acids is 1. The van der Waals surface area contributed by atoms with Gasteiger partial charge < -0.3 is 10.6 Å². The molecule has 1 amide bonds. The number of hydrogen-bond acceptors (Lipinski definition) is 4. The number of piperidine rings is 1. The Morgan fingerprint density at radius 1 is 1.20 bits per heavy atom. The first-order chi connectivity index (χ1) is 11.4. The van der Waals surface area contributed by atoms with Crippen molar-refractivity contribution >= 4 is 15.9 Å². The summed E-state index contributed by atoms with van der Waals surface area (Å²) in [7, 11) is -3.99. The van der Waals surface area contributed by atoms with Gasteiger partial charge in [0.15, 0.2) is 0 Å². The van der Waals surface area contributed by atoms with E-state index in [1.54, 1.807) is 4.90 Å². The van der Waals surface area contributed by atoms with Crippen molar-refractivity contribution in [2.24, 2.45) is 11.1 Å². The molecule has 1 aliphatic rings. The fourth-order valence-electron chi connectivity index (χ4n) is 3.31. The van der Waals surface area contributed by atoms with Gasteiger partial charge in [0.1, 0.15) is 6.54 Å². The van der Waals surface area contributed by atoms with Gasteiger partial charge in [0.05, 0.1) is 11.7 Å². The second-order valence-corrected chi connectivity index (χ2v) is 8.57. The largest absolute Gasteiger partial charge is 0.402 e. The molecule has 0 unspecified atom stereocenters. The highest BCUT2D eigenvalue weighted by Crippen LogP contribution is 2.31. The smallest absolute Gasteiger partial charge is 0.342 e. The Labute approximate surface area is 147 Å². The van der Waals surface area contributed by atoms with Crippen LogP contribution in [0.4, 0.5) is 13.2 Å². The molecule has 6 nitrogen and oxygen atoms in total. The molecule has 1 heterocycles. The Bertz CT molecular complexity index is 546. The van der Waals surface area contributed by atoms with Gasteiger partial charge in [0, 0.05) is 25.7 Å². The lowest BCUT2D eigenvalue weighted by Gasteiger charge is -2.41. The third-order valence-electron chi connectivity index (χ3n) is 5.12. The second kappa shape index (κ2) is 8.22. The first kappa shape index (κ1) is 22.2. The van der Waals surface area contributed by atoms with Gasteiger partial charge in [-0.15, -0.1) is 0 Å². The van der Waals surface area contributed by atoms with Gasteiger partial charge >= 0.3 is 6.18 Å². The highest BCUT2D eigenvalue weighted by molar-refractivity contribution is 7.88. The number of alkyl halides is 3. The van der Waals surface area contributed by atoms with E-state index < -0.39 is 34.2 Å². The van der Waals surface area contributed by atoms with Gasteiger partial charge in [-0.05, 0) is 25.7 Å². The number of nitrogens with two attached hydrogens (primary N) is 1. The molecule has 10 heteroatoms. The molecule has 0 aromatic carbocycles. The molecule has 148 valence electrons. The predicted octanol–water partition coefficient (Wildman–Crippen LogP) is 1.57. The minimum absolute atomic E-state index is 0.0971. The Morgan fingerprint density at radius 3 is 2.00 bits per heavy atom. The third kappa shape index (κ3) is 5.55. The van der Waals surface area contributed by atoms with Crippen LogP contribution in [0.5, 0.6) is 0 Å². The normalized spacial score (nSPS) is 18.0. The minimum atomic E-state index is -4.60. The summed E-state index contributed by atoms with van der Waals surface area (Å²) in [6.45, 7) is 2.94. The summed E-state index contributed by atoms with van der Waals surface area (Å²) < 4.78 is 62.1. The quantitative estimate of drug-likeness (QED) is 0.719. The Hall–Kier alpha value is -0.870. The van der Waals surface area contributed by atoms with Crippen LogP contribution in [0.2, 0.25) is 0 Å². The fourth-order valence-corrected chi connectivity index (χ4v) is 4.45. The van der Waals surface area contributed by atoms with Crippen molar-refractivity contribution in [1.29, 1.82) is 0 Å². The molecule has 0 saturated carbocycles. The number of nitrogens with zero attached hydrogens (tertiary/aromatic N) is 2. The number of halogens is 3. The van der Waals surface area contributed by atoms with Crippen LogP contribution in [-0.4, -0.2) is 68.2 Å². The Morgan fingerprint density at radius 2 is 1.68 bits per heavy atom. The Kier molecular flexibility index (Phi) is 7.29. The summed E-state index contributed by atoms with van der Waals surface area (Å²) in [5, 5.41) is 0. The van der Waals surface area contributed by atoms with E-state index in [0.717, 1.165) is 6.26 Å². The number of likely N-dealkylation sites (tertiary alicyclic amines) is 1. The van der Waals surface area contributed by atoms with E-state index in [9.17, 15) is 26.4 Å². The lowest BCUT2D eigenvalue weighted by atomic mass is 9.80. The van der Waals surface area contributed by atoms with E-state index in [1.807, 2.05) is 13.8 Å². The maximum atomic E-state index is 12.7. The SMILES string of the molecule is CCC(CC)(CN)C(=O)N1CCC(N(CC(F)(F)F)S(C)(=O)=O)CC1. The van der Waals surface area contributed by atoms with Crippen molar-refractivity contribution in [1.82, 2.24) is 9.21 Å². The minimum Gasteiger partial charge on any atom is -0.342 e. The van der Waals surface area contributed by atoms with Gasteiger partial charge in [0.25, 0.3) is 0 Å². The Balaban J connectivity index is 2.84. The first-order valence-corrected chi connectivity index (χ1v) is 10.3. The molecule has 0 atom stereocenters. The maximum absolute atomic E-state index is 12.7. The van der Waals surface area contributed by atoms with Crippen molar-refractivity contribution in [3.05, 3.63) is 0 Å². The van der Waals surface area contributed by atoms with Crippen LogP contribution in [0, 0.1) is 5.41 Å². The molecular formula is C15H28F3N3O3S. The summed E-state index contributed by atoms with van der Waals surface area (Å²) in [6.07, 6.45) is -2.28. The summed E-state index contributed by atoms with van der Waals surface area (Å²) in [4.78, 5) is 14.4. The molecule has 25 heavy (non-hydrogen) atoms. The monoisotopic (exact) mass is 387 g/mol. The van der Waals surface area contributed by atoms with Crippen LogP contribution in [0.3, 0.4) is 0 Å². The zero-order valence-corrected chi connectivity index (χ0v) is 15.8. The number of rotatable bonds is 7. The number of sulfonamides is 1. The van der Waals surface area contributed by atoms with Crippen LogP contribution < -0.4 is 5.73 Å². The third-order valence-corrected chi connectivity index (χ3v) is 6.40. The lowest BCUT2D eigenvalue weighted by molar-refractivity contribution is -0.147. The molecule has 0 aliphatic carbocycles. The zero-order chi connectivity index (χ0) is 19.5. The van der Waals surface area contributed by atoms with Gasteiger partial charge in [-0.3, -0.25) is 4.79 Å². The average molecular weight is 387 g/mol. The van der Waals surface area contributed by atoms with Crippen molar-refractivity contribution in [3.63, 3.8) is 0 Å². The van der Waals surface area contributed by atoms with E-state index in [2.05, 4.69) is 0 Å². The standard InChI is InChI=1S/C15H28F3N3O3S/c1-4-14(5-2,10-19)13(22)20-8-6-12(7-9-20)21(25(3,23)24)11-15(16,17)18/h12H,4-11,19H2,1-3H3. The zero-order valence-electron chi connectivity index (χ0n) is 15.0. The van der Waals surface area contributed by atoms with Crippen LogP contribution >= 0.6 is 0 Å². The summed E-state index contributed by atoms with van der Waals surface area (Å²) in [6, 6.07) is -0.754. The first-order valence-electron chi connectivity index (χ1n) is 8.43. The molecule has 0 aromatic rings. The fraction of sp³-hybridized carbons (Fsp3) is 0.933. The van der Waals surface area contributed by atoms with Gasteiger partial charge in [-0.25, -0.2) is 8.42 Å². The van der Waals surface area contributed by atoms with Crippen molar-refractivity contribution < 1.29 is 26.4 Å². The lowest BCUT2D eigenvalue weighted by Crippen LogP contribution is -2.54. The van der Waals surface area contributed by atoms with E-state index >= 15 is 0 Å². The van der Waals surface area contributed by atoms with E-state index in [0.29, 0.717) is 17.1 Å². The number of carbonyl (C=O) groups is 1.